The van der Waals surface area contributed by atoms with Crippen molar-refractivity contribution in [1.29, 1.82) is 0 Å². The maximum Gasteiger partial charge on any atom is 0.306 e. The summed E-state index contributed by atoms with van der Waals surface area (Å²) in [6, 6.07) is 0. The Morgan fingerprint density at radius 2 is 2.00 bits per heavy atom. The van der Waals surface area contributed by atoms with Crippen molar-refractivity contribution in [2.24, 2.45) is 0 Å². The molecule has 0 saturated carbocycles. The van der Waals surface area contributed by atoms with Crippen LogP contribution in [0.5, 0.6) is 0 Å². The quantitative estimate of drug-likeness (QED) is 0.598. The van der Waals surface area contributed by atoms with Gasteiger partial charge >= 0.3 is 5.97 Å². The average Bonchev–Trinajstić information content (AvgIpc) is 1.84. The van der Waals surface area contributed by atoms with Crippen molar-refractivity contribution >= 4 is 23.4 Å². The number of alkyl halides is 1. The second kappa shape index (κ2) is 4.31. The zero-order chi connectivity index (χ0) is 9.02. The van der Waals surface area contributed by atoms with Gasteiger partial charge in [-0.25, -0.2) is 0 Å². The molecule has 2 atom stereocenters. The molecule has 0 aromatic rings. The summed E-state index contributed by atoms with van der Waals surface area (Å²) >= 11 is 5.35. The molecule has 0 spiro atoms. The van der Waals surface area contributed by atoms with Gasteiger partial charge in [-0.1, -0.05) is 0 Å². The maximum atomic E-state index is 10.5. The molecule has 5 heteroatoms. The number of aliphatic hydroxyl groups excluding tert-OH is 1. The molecule has 0 aromatic heterocycles. The van der Waals surface area contributed by atoms with E-state index in [4.69, 9.17) is 21.8 Å². The van der Waals surface area contributed by atoms with E-state index in [0.29, 0.717) is 0 Å². The van der Waals surface area contributed by atoms with Crippen LogP contribution in [-0.4, -0.2) is 33.4 Å². The van der Waals surface area contributed by atoms with Gasteiger partial charge < -0.3 is 10.2 Å². The first kappa shape index (κ1) is 10.4. The summed E-state index contributed by atoms with van der Waals surface area (Å²) in [7, 11) is 0. The second-order valence-electron chi connectivity index (χ2n) is 2.18. The molecule has 0 radical (unpaired) electrons. The first-order valence-electron chi connectivity index (χ1n) is 2.99. The van der Waals surface area contributed by atoms with Gasteiger partial charge in [0.2, 0.25) is 0 Å². The normalized spacial score (nSPS) is 15.5. The largest absolute Gasteiger partial charge is 0.481 e. The van der Waals surface area contributed by atoms with E-state index < -0.39 is 29.7 Å². The first-order chi connectivity index (χ1) is 4.95. The van der Waals surface area contributed by atoms with Crippen LogP contribution in [0.25, 0.3) is 0 Å². The van der Waals surface area contributed by atoms with Gasteiger partial charge in [-0.15, -0.1) is 11.6 Å². The third-order valence-electron chi connectivity index (χ3n) is 1.11. The number of carboxylic acids is 1. The number of halogens is 1. The molecule has 4 nitrogen and oxygen atoms in total. The number of hydrogen-bond acceptors (Lipinski definition) is 3. The molecule has 64 valence electrons. The average molecular weight is 181 g/mol. The van der Waals surface area contributed by atoms with E-state index in [-0.39, 0.29) is 0 Å². The van der Waals surface area contributed by atoms with Crippen molar-refractivity contribution in [2.75, 3.05) is 0 Å². The molecule has 0 aliphatic rings. The van der Waals surface area contributed by atoms with E-state index >= 15 is 0 Å². The third kappa shape index (κ3) is 3.95. The predicted molar refractivity (Wildman–Crippen MR) is 38.6 cm³/mol. The Balaban J connectivity index is 3.92. The monoisotopic (exact) mass is 180 g/mol. The highest BCUT2D eigenvalue weighted by Crippen LogP contribution is 2.07. The number of carbonyl (C=O) groups excluding carboxylic acids is 1. The molecule has 0 saturated heterocycles. The molecular weight excluding hydrogens is 172 g/mol. The van der Waals surface area contributed by atoms with Crippen LogP contribution in [0, 0.1) is 0 Å². The van der Waals surface area contributed by atoms with Crippen LogP contribution in [0.3, 0.4) is 0 Å². The lowest BCUT2D eigenvalue weighted by molar-refractivity contribution is -0.139. The Morgan fingerprint density at radius 1 is 1.55 bits per heavy atom. The summed E-state index contributed by atoms with van der Waals surface area (Å²) in [6.07, 6.45) is -1.81. The van der Waals surface area contributed by atoms with Crippen LogP contribution in [0.15, 0.2) is 0 Å². The van der Waals surface area contributed by atoms with Gasteiger partial charge in [-0.2, -0.15) is 0 Å². The lowest BCUT2D eigenvalue weighted by Crippen LogP contribution is -2.29. The fourth-order valence-corrected chi connectivity index (χ4v) is 0.642. The van der Waals surface area contributed by atoms with Crippen molar-refractivity contribution < 1.29 is 19.8 Å². The van der Waals surface area contributed by atoms with Crippen molar-refractivity contribution in [3.05, 3.63) is 0 Å². The summed E-state index contributed by atoms with van der Waals surface area (Å²) < 4.78 is 0. The van der Waals surface area contributed by atoms with Gasteiger partial charge in [-0.3, -0.25) is 9.59 Å². The van der Waals surface area contributed by atoms with Crippen molar-refractivity contribution in [3.8, 4) is 0 Å². The Bertz CT molecular complexity index is 168. The minimum Gasteiger partial charge on any atom is -0.481 e. The fourth-order valence-electron chi connectivity index (χ4n) is 0.553. The molecule has 0 aromatic carbocycles. The van der Waals surface area contributed by atoms with E-state index in [1.807, 2.05) is 0 Å². The summed E-state index contributed by atoms with van der Waals surface area (Å²) in [4.78, 5) is 20.5. The van der Waals surface area contributed by atoms with Crippen molar-refractivity contribution in [2.45, 2.75) is 24.8 Å². The van der Waals surface area contributed by atoms with E-state index in [9.17, 15) is 9.59 Å². The zero-order valence-electron chi connectivity index (χ0n) is 5.95. The standard InChI is InChI=1S/C6H9ClO4/c1-3(8)6(7)4(9)2-5(10)11/h4,6,9H,2H2,1H3,(H,10,11). The Morgan fingerprint density at radius 3 is 2.27 bits per heavy atom. The van der Waals surface area contributed by atoms with E-state index in [2.05, 4.69) is 0 Å². The lowest BCUT2D eigenvalue weighted by Gasteiger charge is -2.10. The summed E-state index contributed by atoms with van der Waals surface area (Å²) in [5, 5.41) is 16.0. The van der Waals surface area contributed by atoms with Crippen LogP contribution in [-0.2, 0) is 9.59 Å². The molecule has 2 unspecified atom stereocenters. The van der Waals surface area contributed by atoms with Gasteiger partial charge in [0.05, 0.1) is 12.5 Å². The molecule has 0 amide bonds. The summed E-state index contributed by atoms with van der Waals surface area (Å²) in [5.41, 5.74) is 0. The van der Waals surface area contributed by atoms with Gasteiger partial charge in [0, 0.05) is 0 Å². The van der Waals surface area contributed by atoms with Crippen LogP contribution >= 0.6 is 11.6 Å². The van der Waals surface area contributed by atoms with Crippen LogP contribution in [0.4, 0.5) is 0 Å². The number of aliphatic carboxylic acids is 1. The van der Waals surface area contributed by atoms with Gasteiger partial charge in [0.1, 0.15) is 11.2 Å². The molecule has 0 aliphatic heterocycles. The van der Waals surface area contributed by atoms with Gasteiger partial charge in [-0.05, 0) is 6.92 Å². The highest BCUT2D eigenvalue weighted by atomic mass is 35.5. The maximum absolute atomic E-state index is 10.5. The Kier molecular flexibility index (Phi) is 4.07. The number of Topliss-reactive ketones (excluding diaryl/α,β-unsaturated/α-hetero) is 1. The summed E-state index contributed by atoms with van der Waals surface area (Å²) in [6.45, 7) is 1.20. The predicted octanol–water partition coefficient (Wildman–Crippen LogP) is 0.0184. The number of hydrogen-bond donors (Lipinski definition) is 2. The third-order valence-corrected chi connectivity index (χ3v) is 1.71. The number of carbonyl (C=O) groups is 2. The lowest BCUT2D eigenvalue weighted by atomic mass is 10.1. The zero-order valence-corrected chi connectivity index (χ0v) is 6.71. The Labute approximate surface area is 68.8 Å². The van der Waals surface area contributed by atoms with Crippen LogP contribution < -0.4 is 0 Å². The van der Waals surface area contributed by atoms with Crippen molar-refractivity contribution in [3.63, 3.8) is 0 Å². The highest BCUT2D eigenvalue weighted by molar-refractivity contribution is 6.31. The molecule has 0 fully saturated rings. The summed E-state index contributed by atoms with van der Waals surface area (Å²) in [5.74, 6) is -1.61. The van der Waals surface area contributed by atoms with Gasteiger partial charge in [0.25, 0.3) is 0 Å². The smallest absolute Gasteiger partial charge is 0.306 e. The minimum atomic E-state index is -1.30. The molecule has 0 bridgehead atoms. The molecular formula is C6H9ClO4. The second-order valence-corrected chi connectivity index (χ2v) is 2.65. The number of rotatable bonds is 4. The van der Waals surface area contributed by atoms with E-state index in [1.54, 1.807) is 0 Å². The number of aliphatic hydroxyl groups is 1. The number of carboxylic acid groups (broad SMARTS) is 1. The number of ketones is 1. The van der Waals surface area contributed by atoms with E-state index in [0.717, 1.165) is 0 Å². The van der Waals surface area contributed by atoms with E-state index in [1.165, 1.54) is 6.92 Å². The van der Waals surface area contributed by atoms with Crippen LogP contribution in [0.2, 0.25) is 0 Å². The highest BCUT2D eigenvalue weighted by Gasteiger charge is 2.22. The minimum absolute atomic E-state index is 0.430. The fraction of sp³-hybridized carbons (Fsp3) is 0.667. The van der Waals surface area contributed by atoms with Gasteiger partial charge in [0.15, 0.2) is 0 Å². The first-order valence-corrected chi connectivity index (χ1v) is 3.43. The Hall–Kier alpha value is -0.610. The molecule has 2 N–H and O–H groups in total. The topological polar surface area (TPSA) is 74.6 Å². The molecule has 0 aliphatic carbocycles. The molecule has 0 rings (SSSR count). The molecule has 11 heavy (non-hydrogen) atoms. The van der Waals surface area contributed by atoms with Crippen LogP contribution in [0.1, 0.15) is 13.3 Å². The SMILES string of the molecule is CC(=O)C(Cl)C(O)CC(=O)O. The van der Waals surface area contributed by atoms with Crippen molar-refractivity contribution in [1.82, 2.24) is 0 Å². The molecule has 0 heterocycles.